The number of rotatable bonds is 5. The minimum Gasteiger partial charge on any atom is -0.393 e. The van der Waals surface area contributed by atoms with Crippen LogP contribution in [0, 0.1) is 17.8 Å². The SMILES string of the molecule is CCCC(CN)C(O)C1CCC(C(F)(F)F)CC1. The van der Waals surface area contributed by atoms with Gasteiger partial charge in [0.05, 0.1) is 12.0 Å². The average molecular weight is 267 g/mol. The molecule has 1 aliphatic rings. The molecule has 0 aromatic rings. The molecule has 18 heavy (non-hydrogen) atoms. The maximum atomic E-state index is 12.5. The first-order valence-corrected chi connectivity index (χ1v) is 6.85. The molecule has 0 radical (unpaired) electrons. The van der Waals surface area contributed by atoms with E-state index in [-0.39, 0.29) is 24.7 Å². The van der Waals surface area contributed by atoms with E-state index in [1.807, 2.05) is 6.92 Å². The molecule has 2 nitrogen and oxygen atoms in total. The summed E-state index contributed by atoms with van der Waals surface area (Å²) in [6.07, 6.45) is -1.61. The van der Waals surface area contributed by atoms with Crippen molar-refractivity contribution in [3.05, 3.63) is 0 Å². The molecular formula is C13H24F3NO. The number of hydrogen-bond acceptors (Lipinski definition) is 2. The molecule has 108 valence electrons. The van der Waals surface area contributed by atoms with E-state index in [0.29, 0.717) is 19.4 Å². The van der Waals surface area contributed by atoms with Crippen LogP contribution in [-0.4, -0.2) is 23.9 Å². The van der Waals surface area contributed by atoms with Crippen LogP contribution >= 0.6 is 0 Å². The largest absolute Gasteiger partial charge is 0.393 e. The Morgan fingerprint density at radius 2 is 1.78 bits per heavy atom. The lowest BCUT2D eigenvalue weighted by atomic mass is 9.75. The zero-order chi connectivity index (χ0) is 13.8. The van der Waals surface area contributed by atoms with Crippen LogP contribution in [0.4, 0.5) is 13.2 Å². The van der Waals surface area contributed by atoms with Gasteiger partial charge in [-0.15, -0.1) is 0 Å². The van der Waals surface area contributed by atoms with Crippen LogP contribution in [-0.2, 0) is 0 Å². The van der Waals surface area contributed by atoms with Gasteiger partial charge in [0.25, 0.3) is 0 Å². The van der Waals surface area contributed by atoms with Gasteiger partial charge in [-0.05, 0) is 50.5 Å². The van der Waals surface area contributed by atoms with Crippen LogP contribution in [0.5, 0.6) is 0 Å². The van der Waals surface area contributed by atoms with E-state index in [2.05, 4.69) is 0 Å². The quantitative estimate of drug-likeness (QED) is 0.804. The van der Waals surface area contributed by atoms with Crippen LogP contribution in [0.15, 0.2) is 0 Å². The van der Waals surface area contributed by atoms with Gasteiger partial charge in [-0.25, -0.2) is 0 Å². The Labute approximate surface area is 107 Å². The molecule has 0 bridgehead atoms. The molecule has 1 fully saturated rings. The van der Waals surface area contributed by atoms with Crippen LogP contribution < -0.4 is 5.73 Å². The number of hydrogen-bond donors (Lipinski definition) is 2. The molecule has 0 saturated heterocycles. The smallest absolute Gasteiger partial charge is 0.391 e. The van der Waals surface area contributed by atoms with Gasteiger partial charge in [-0.3, -0.25) is 0 Å². The van der Waals surface area contributed by atoms with Crippen molar-refractivity contribution >= 4 is 0 Å². The molecular weight excluding hydrogens is 243 g/mol. The Balaban J connectivity index is 2.46. The molecule has 0 aromatic carbocycles. The van der Waals surface area contributed by atoms with E-state index in [4.69, 9.17) is 5.73 Å². The van der Waals surface area contributed by atoms with Crippen molar-refractivity contribution in [3.63, 3.8) is 0 Å². The highest BCUT2D eigenvalue weighted by molar-refractivity contribution is 4.84. The predicted molar refractivity (Wildman–Crippen MR) is 65.0 cm³/mol. The summed E-state index contributed by atoms with van der Waals surface area (Å²) in [4.78, 5) is 0. The Morgan fingerprint density at radius 1 is 1.22 bits per heavy atom. The second-order valence-electron chi connectivity index (χ2n) is 5.43. The third kappa shape index (κ3) is 4.12. The third-order valence-corrected chi connectivity index (χ3v) is 4.16. The van der Waals surface area contributed by atoms with Gasteiger partial charge in [-0.2, -0.15) is 13.2 Å². The van der Waals surface area contributed by atoms with Crippen molar-refractivity contribution in [1.29, 1.82) is 0 Å². The lowest BCUT2D eigenvalue weighted by Gasteiger charge is -2.35. The highest BCUT2D eigenvalue weighted by Gasteiger charge is 2.42. The van der Waals surface area contributed by atoms with E-state index in [1.165, 1.54) is 0 Å². The first-order chi connectivity index (χ1) is 8.40. The van der Waals surface area contributed by atoms with Crippen molar-refractivity contribution in [2.75, 3.05) is 6.54 Å². The Kier molecular flexibility index (Phi) is 5.92. The summed E-state index contributed by atoms with van der Waals surface area (Å²) >= 11 is 0. The van der Waals surface area contributed by atoms with Gasteiger partial charge in [0, 0.05) is 0 Å². The second kappa shape index (κ2) is 6.75. The molecule has 5 heteroatoms. The standard InChI is InChI=1S/C13H24F3NO/c1-2-3-10(8-17)12(18)9-4-6-11(7-5-9)13(14,15)16/h9-12,18H,2-8,17H2,1H3. The van der Waals surface area contributed by atoms with Crippen molar-refractivity contribution in [2.24, 2.45) is 23.5 Å². The third-order valence-electron chi connectivity index (χ3n) is 4.16. The van der Waals surface area contributed by atoms with Gasteiger partial charge in [-0.1, -0.05) is 13.3 Å². The first kappa shape index (κ1) is 15.8. The van der Waals surface area contributed by atoms with Gasteiger partial charge in [0.15, 0.2) is 0 Å². The molecule has 0 amide bonds. The van der Waals surface area contributed by atoms with Crippen molar-refractivity contribution < 1.29 is 18.3 Å². The van der Waals surface area contributed by atoms with E-state index in [0.717, 1.165) is 12.8 Å². The minimum atomic E-state index is -4.08. The van der Waals surface area contributed by atoms with Gasteiger partial charge >= 0.3 is 6.18 Å². The van der Waals surface area contributed by atoms with Gasteiger partial charge in [0.2, 0.25) is 0 Å². The number of alkyl halides is 3. The maximum Gasteiger partial charge on any atom is 0.391 e. The van der Waals surface area contributed by atoms with Crippen LogP contribution in [0.25, 0.3) is 0 Å². The Hall–Kier alpha value is -0.290. The molecule has 0 aromatic heterocycles. The van der Waals surface area contributed by atoms with Crippen molar-refractivity contribution in [1.82, 2.24) is 0 Å². The lowest BCUT2D eigenvalue weighted by molar-refractivity contribution is -0.186. The molecule has 1 rings (SSSR count). The summed E-state index contributed by atoms with van der Waals surface area (Å²) in [5, 5.41) is 10.2. The van der Waals surface area contributed by atoms with Gasteiger partial charge in [0.1, 0.15) is 0 Å². The van der Waals surface area contributed by atoms with Crippen LogP contribution in [0.1, 0.15) is 45.4 Å². The monoisotopic (exact) mass is 267 g/mol. The van der Waals surface area contributed by atoms with Crippen LogP contribution in [0.3, 0.4) is 0 Å². The first-order valence-electron chi connectivity index (χ1n) is 6.85. The molecule has 3 N–H and O–H groups in total. The van der Waals surface area contributed by atoms with E-state index < -0.39 is 18.2 Å². The van der Waals surface area contributed by atoms with E-state index >= 15 is 0 Å². The highest BCUT2D eigenvalue weighted by Crippen LogP contribution is 2.41. The highest BCUT2D eigenvalue weighted by atomic mass is 19.4. The number of aliphatic hydroxyl groups is 1. The Bertz CT molecular complexity index is 237. The fraction of sp³-hybridized carbons (Fsp3) is 1.00. The minimum absolute atomic E-state index is 0.0105. The summed E-state index contributed by atoms with van der Waals surface area (Å²) in [7, 11) is 0. The molecule has 2 atom stereocenters. The molecule has 1 aliphatic carbocycles. The number of halogens is 3. The summed E-state index contributed by atoms with van der Waals surface area (Å²) in [6, 6.07) is 0. The van der Waals surface area contributed by atoms with Crippen molar-refractivity contribution in [2.45, 2.75) is 57.7 Å². The Morgan fingerprint density at radius 3 is 2.17 bits per heavy atom. The summed E-state index contributed by atoms with van der Waals surface area (Å²) in [5.41, 5.74) is 5.62. The summed E-state index contributed by atoms with van der Waals surface area (Å²) in [5.74, 6) is -1.16. The average Bonchev–Trinajstić information content (AvgIpc) is 2.34. The molecule has 0 spiro atoms. The number of nitrogens with two attached hydrogens (primary N) is 1. The number of aliphatic hydroxyl groups excluding tert-OH is 1. The zero-order valence-electron chi connectivity index (χ0n) is 10.9. The van der Waals surface area contributed by atoms with Crippen molar-refractivity contribution in [3.8, 4) is 0 Å². The lowest BCUT2D eigenvalue weighted by Crippen LogP contribution is -2.38. The predicted octanol–water partition coefficient (Wildman–Crippen LogP) is 3.09. The van der Waals surface area contributed by atoms with Crippen LogP contribution in [0.2, 0.25) is 0 Å². The zero-order valence-corrected chi connectivity index (χ0v) is 10.9. The van der Waals surface area contributed by atoms with E-state index in [9.17, 15) is 18.3 Å². The maximum absolute atomic E-state index is 12.5. The molecule has 2 unspecified atom stereocenters. The fourth-order valence-electron chi connectivity index (χ4n) is 2.97. The van der Waals surface area contributed by atoms with E-state index in [1.54, 1.807) is 0 Å². The fourth-order valence-corrected chi connectivity index (χ4v) is 2.97. The topological polar surface area (TPSA) is 46.2 Å². The molecule has 0 aliphatic heterocycles. The second-order valence-corrected chi connectivity index (χ2v) is 5.43. The molecule has 0 heterocycles. The summed E-state index contributed by atoms with van der Waals surface area (Å²) < 4.78 is 37.6. The normalized spacial score (nSPS) is 29.0. The van der Waals surface area contributed by atoms with Gasteiger partial charge < -0.3 is 10.8 Å². The summed E-state index contributed by atoms with van der Waals surface area (Å²) in [6.45, 7) is 2.43. The molecule has 1 saturated carbocycles.